The second-order valence-corrected chi connectivity index (χ2v) is 6.43. The average Bonchev–Trinajstić information content (AvgIpc) is 2.58. The van der Waals surface area contributed by atoms with Crippen molar-refractivity contribution < 1.29 is 13.6 Å². The number of hydrogen-bond donors (Lipinski definition) is 3. The first-order valence-electron chi connectivity index (χ1n) is 5.43. The molecule has 6 nitrogen and oxygen atoms in total. The summed E-state index contributed by atoms with van der Waals surface area (Å²) in [5.74, 6) is 0.373. The molecule has 1 saturated heterocycles. The number of oxime groups is 1. The summed E-state index contributed by atoms with van der Waals surface area (Å²) in [7, 11) is -2.93. The van der Waals surface area contributed by atoms with Crippen LogP contribution in [0.5, 0.6) is 0 Å². The maximum absolute atomic E-state index is 11.6. The van der Waals surface area contributed by atoms with Gasteiger partial charge in [0.1, 0.15) is 0 Å². The standard InChI is InChI=1S/C9H19N3O3S/c1-2-8(9(10)12-13)11-6-7-4-3-5-16(7,14)15/h7-8,11,13H,2-6H2,1H3,(H2,10,12). The third-order valence-corrected chi connectivity index (χ3v) is 5.21. The molecular weight excluding hydrogens is 230 g/mol. The van der Waals surface area contributed by atoms with Crippen molar-refractivity contribution in [2.75, 3.05) is 12.3 Å². The Hall–Kier alpha value is -0.820. The van der Waals surface area contributed by atoms with E-state index in [2.05, 4.69) is 10.5 Å². The van der Waals surface area contributed by atoms with Crippen molar-refractivity contribution in [2.24, 2.45) is 10.9 Å². The summed E-state index contributed by atoms with van der Waals surface area (Å²) in [6.07, 6.45) is 2.08. The first kappa shape index (κ1) is 13.2. The maximum Gasteiger partial charge on any atom is 0.156 e. The Morgan fingerprint density at radius 2 is 2.38 bits per heavy atom. The minimum atomic E-state index is -2.93. The van der Waals surface area contributed by atoms with Gasteiger partial charge in [-0.2, -0.15) is 0 Å². The first-order valence-corrected chi connectivity index (χ1v) is 7.15. The monoisotopic (exact) mass is 249 g/mol. The SMILES string of the molecule is CCC(NCC1CCCS1(=O)=O)C(N)=NO. The second-order valence-electron chi connectivity index (χ2n) is 4.03. The average molecular weight is 249 g/mol. The minimum absolute atomic E-state index is 0.0953. The predicted molar refractivity (Wildman–Crippen MR) is 62.3 cm³/mol. The number of sulfone groups is 1. The molecule has 2 atom stereocenters. The lowest BCUT2D eigenvalue weighted by Gasteiger charge is -2.17. The van der Waals surface area contributed by atoms with Crippen molar-refractivity contribution in [2.45, 2.75) is 37.5 Å². The Morgan fingerprint density at radius 3 is 2.81 bits per heavy atom. The van der Waals surface area contributed by atoms with Crippen molar-refractivity contribution in [3.8, 4) is 0 Å². The lowest BCUT2D eigenvalue weighted by atomic mass is 10.2. The third-order valence-electron chi connectivity index (χ3n) is 2.94. The molecule has 2 unspecified atom stereocenters. The van der Waals surface area contributed by atoms with Gasteiger partial charge in [-0.05, 0) is 19.3 Å². The van der Waals surface area contributed by atoms with Crippen LogP contribution in [0.2, 0.25) is 0 Å². The first-order chi connectivity index (χ1) is 7.51. The van der Waals surface area contributed by atoms with E-state index in [1.807, 2.05) is 6.92 Å². The molecule has 16 heavy (non-hydrogen) atoms. The highest BCUT2D eigenvalue weighted by Gasteiger charge is 2.31. The van der Waals surface area contributed by atoms with E-state index in [-0.39, 0.29) is 22.9 Å². The fourth-order valence-electron chi connectivity index (χ4n) is 1.89. The van der Waals surface area contributed by atoms with Gasteiger partial charge in [-0.1, -0.05) is 12.1 Å². The fraction of sp³-hybridized carbons (Fsp3) is 0.889. The Bertz CT molecular complexity index is 353. The summed E-state index contributed by atoms with van der Waals surface area (Å²) in [6.45, 7) is 2.26. The van der Waals surface area contributed by atoms with Gasteiger partial charge in [0, 0.05) is 6.54 Å². The zero-order valence-corrected chi connectivity index (χ0v) is 10.2. The largest absolute Gasteiger partial charge is 0.409 e. The van der Waals surface area contributed by atoms with Crippen LogP contribution in [-0.4, -0.2) is 43.1 Å². The normalized spacial score (nSPS) is 26.8. The van der Waals surface area contributed by atoms with Crippen LogP contribution in [0.1, 0.15) is 26.2 Å². The van der Waals surface area contributed by atoms with Crippen molar-refractivity contribution in [1.82, 2.24) is 5.32 Å². The van der Waals surface area contributed by atoms with Gasteiger partial charge in [0.2, 0.25) is 0 Å². The van der Waals surface area contributed by atoms with Gasteiger partial charge in [0.05, 0.1) is 17.0 Å². The maximum atomic E-state index is 11.6. The Labute approximate surface area is 95.8 Å². The fourth-order valence-corrected chi connectivity index (χ4v) is 3.67. The van der Waals surface area contributed by atoms with Gasteiger partial charge in [0.15, 0.2) is 15.7 Å². The molecule has 94 valence electrons. The molecule has 0 aromatic heterocycles. The number of rotatable bonds is 5. The summed E-state index contributed by atoms with van der Waals surface area (Å²) in [6, 6.07) is -0.263. The molecule has 1 fully saturated rings. The number of nitrogens with zero attached hydrogens (tertiary/aromatic N) is 1. The Kier molecular flexibility index (Phi) is 4.55. The second kappa shape index (κ2) is 5.49. The van der Waals surface area contributed by atoms with Gasteiger partial charge < -0.3 is 16.3 Å². The van der Waals surface area contributed by atoms with Gasteiger partial charge in [-0.3, -0.25) is 0 Å². The number of nitrogens with two attached hydrogens (primary N) is 1. The highest BCUT2D eigenvalue weighted by atomic mass is 32.2. The highest BCUT2D eigenvalue weighted by molar-refractivity contribution is 7.92. The Morgan fingerprint density at radius 1 is 1.69 bits per heavy atom. The van der Waals surface area contributed by atoms with Gasteiger partial charge in [-0.25, -0.2) is 8.42 Å². The van der Waals surface area contributed by atoms with Gasteiger partial charge >= 0.3 is 0 Å². The van der Waals surface area contributed by atoms with Crippen LogP contribution in [-0.2, 0) is 9.84 Å². The molecule has 7 heteroatoms. The Balaban J connectivity index is 2.50. The van der Waals surface area contributed by atoms with Crippen molar-refractivity contribution >= 4 is 15.7 Å². The zero-order chi connectivity index (χ0) is 12.2. The number of nitrogens with one attached hydrogen (secondary N) is 1. The van der Waals surface area contributed by atoms with Crippen molar-refractivity contribution in [3.63, 3.8) is 0 Å². The summed E-state index contributed by atoms with van der Waals surface area (Å²) < 4.78 is 23.1. The molecule has 0 aliphatic carbocycles. The van der Waals surface area contributed by atoms with Crippen LogP contribution < -0.4 is 11.1 Å². The molecule has 0 aromatic rings. The lowest BCUT2D eigenvalue weighted by Crippen LogP contribution is -2.44. The molecule has 1 aliphatic heterocycles. The molecule has 4 N–H and O–H groups in total. The molecule has 0 amide bonds. The quantitative estimate of drug-likeness (QED) is 0.268. The van der Waals surface area contributed by atoms with Crippen LogP contribution >= 0.6 is 0 Å². The van der Waals surface area contributed by atoms with E-state index in [1.165, 1.54) is 0 Å². The number of amidine groups is 1. The molecule has 0 saturated carbocycles. The zero-order valence-electron chi connectivity index (χ0n) is 9.39. The molecule has 1 heterocycles. The van der Waals surface area contributed by atoms with Crippen LogP contribution in [0, 0.1) is 0 Å². The van der Waals surface area contributed by atoms with Crippen LogP contribution in [0.15, 0.2) is 5.16 Å². The van der Waals surface area contributed by atoms with Crippen LogP contribution in [0.4, 0.5) is 0 Å². The predicted octanol–water partition coefficient (Wildman–Crippen LogP) is -0.322. The van der Waals surface area contributed by atoms with Gasteiger partial charge in [0.25, 0.3) is 0 Å². The van der Waals surface area contributed by atoms with E-state index in [9.17, 15) is 8.42 Å². The summed E-state index contributed by atoms with van der Waals surface area (Å²) >= 11 is 0. The molecule has 1 aliphatic rings. The minimum Gasteiger partial charge on any atom is -0.409 e. The smallest absolute Gasteiger partial charge is 0.156 e. The third kappa shape index (κ3) is 3.08. The topological polar surface area (TPSA) is 105 Å². The molecule has 0 aromatic carbocycles. The van der Waals surface area contributed by atoms with E-state index in [4.69, 9.17) is 10.9 Å². The van der Waals surface area contributed by atoms with Crippen LogP contribution in [0.25, 0.3) is 0 Å². The summed E-state index contributed by atoms with van der Waals surface area (Å²) in [5, 5.41) is 14.2. The van der Waals surface area contributed by atoms with Crippen molar-refractivity contribution in [1.29, 1.82) is 0 Å². The molecule has 0 radical (unpaired) electrons. The molecular formula is C9H19N3O3S. The summed E-state index contributed by atoms with van der Waals surface area (Å²) in [5.41, 5.74) is 5.47. The molecule has 1 rings (SSSR count). The van der Waals surface area contributed by atoms with E-state index < -0.39 is 9.84 Å². The summed E-state index contributed by atoms with van der Waals surface area (Å²) in [4.78, 5) is 0. The molecule has 0 spiro atoms. The number of hydrogen-bond acceptors (Lipinski definition) is 5. The van der Waals surface area contributed by atoms with Crippen LogP contribution in [0.3, 0.4) is 0 Å². The van der Waals surface area contributed by atoms with E-state index in [0.717, 1.165) is 6.42 Å². The van der Waals surface area contributed by atoms with E-state index in [1.54, 1.807) is 0 Å². The van der Waals surface area contributed by atoms with E-state index >= 15 is 0 Å². The lowest BCUT2D eigenvalue weighted by molar-refractivity contribution is 0.314. The highest BCUT2D eigenvalue weighted by Crippen LogP contribution is 2.19. The molecule has 0 bridgehead atoms. The van der Waals surface area contributed by atoms with Gasteiger partial charge in [-0.15, -0.1) is 0 Å². The van der Waals surface area contributed by atoms with E-state index in [0.29, 0.717) is 19.4 Å². The van der Waals surface area contributed by atoms with Crippen molar-refractivity contribution in [3.05, 3.63) is 0 Å².